The van der Waals surface area contributed by atoms with Crippen LogP contribution >= 0.6 is 11.8 Å². The van der Waals surface area contributed by atoms with E-state index in [1.807, 2.05) is 0 Å². The molecule has 0 aliphatic carbocycles. The lowest BCUT2D eigenvalue weighted by Gasteiger charge is -2.23. The number of nitrogens with zero attached hydrogens (tertiary/aromatic N) is 1. The summed E-state index contributed by atoms with van der Waals surface area (Å²) in [5.74, 6) is 0.455. The Morgan fingerprint density at radius 1 is 1.33 bits per heavy atom. The zero-order valence-electron chi connectivity index (χ0n) is 13.6. The monoisotopic (exact) mass is 350 g/mol. The highest BCUT2D eigenvalue weighted by Gasteiger charge is 2.34. The maximum atomic E-state index is 12.6. The third-order valence-corrected chi connectivity index (χ3v) is 4.68. The number of rotatable bonds is 6. The molecule has 1 saturated heterocycles. The summed E-state index contributed by atoms with van der Waals surface area (Å²) in [4.78, 5) is 38.2. The maximum Gasteiger partial charge on any atom is 0.253 e. The number of nitrogens with one attached hydrogen (secondary N) is 2. The number of carbonyl (C=O) groups excluding carboxylic acids is 3. The molecule has 3 amide bonds. The number of para-hydroxylation sites is 1. The van der Waals surface area contributed by atoms with Crippen LogP contribution in [0.3, 0.4) is 0 Å². The summed E-state index contributed by atoms with van der Waals surface area (Å²) in [6.45, 7) is 2.48. The van der Waals surface area contributed by atoms with Crippen molar-refractivity contribution in [3.8, 4) is 0 Å². The van der Waals surface area contributed by atoms with Crippen LogP contribution in [0.2, 0.25) is 0 Å². The van der Waals surface area contributed by atoms with E-state index in [4.69, 9.17) is 5.73 Å². The summed E-state index contributed by atoms with van der Waals surface area (Å²) >= 11 is 1.55. The molecule has 1 unspecified atom stereocenters. The van der Waals surface area contributed by atoms with Gasteiger partial charge in [0, 0.05) is 25.3 Å². The summed E-state index contributed by atoms with van der Waals surface area (Å²) < 4.78 is 0. The van der Waals surface area contributed by atoms with E-state index < -0.39 is 6.04 Å². The van der Waals surface area contributed by atoms with Gasteiger partial charge in [0.1, 0.15) is 6.04 Å². The topological polar surface area (TPSA) is 105 Å². The van der Waals surface area contributed by atoms with Crippen LogP contribution in [-0.4, -0.2) is 53.4 Å². The van der Waals surface area contributed by atoms with Crippen LogP contribution in [0.25, 0.3) is 0 Å². The van der Waals surface area contributed by atoms with E-state index >= 15 is 0 Å². The van der Waals surface area contributed by atoms with E-state index in [1.54, 1.807) is 47.9 Å². The van der Waals surface area contributed by atoms with Crippen LogP contribution < -0.4 is 16.4 Å². The Labute approximate surface area is 145 Å². The summed E-state index contributed by atoms with van der Waals surface area (Å²) in [5.41, 5.74) is 6.19. The van der Waals surface area contributed by atoms with Crippen molar-refractivity contribution in [3.05, 3.63) is 29.8 Å². The first-order valence-corrected chi connectivity index (χ1v) is 8.99. The average molecular weight is 350 g/mol. The van der Waals surface area contributed by atoms with Gasteiger partial charge < -0.3 is 21.3 Å². The SMILES string of the molecule is CCC(=O)N1CSCC1C(=O)Nc1ccccc1C(=O)NCCN. The normalized spacial score (nSPS) is 16.8. The zero-order valence-corrected chi connectivity index (χ0v) is 14.4. The lowest BCUT2D eigenvalue weighted by molar-refractivity contribution is -0.135. The molecule has 0 bridgehead atoms. The molecule has 1 fully saturated rings. The molecule has 24 heavy (non-hydrogen) atoms. The molecule has 1 aromatic rings. The molecule has 1 aliphatic rings. The predicted molar refractivity (Wildman–Crippen MR) is 94.7 cm³/mol. The van der Waals surface area contributed by atoms with Crippen molar-refractivity contribution < 1.29 is 14.4 Å². The highest BCUT2D eigenvalue weighted by Crippen LogP contribution is 2.24. The quantitative estimate of drug-likeness (QED) is 0.698. The zero-order chi connectivity index (χ0) is 17.5. The van der Waals surface area contributed by atoms with Crippen LogP contribution in [0, 0.1) is 0 Å². The third-order valence-electron chi connectivity index (χ3n) is 3.67. The van der Waals surface area contributed by atoms with Gasteiger partial charge in [-0.3, -0.25) is 14.4 Å². The second kappa shape index (κ2) is 8.70. The van der Waals surface area contributed by atoms with Gasteiger partial charge in [-0.25, -0.2) is 0 Å². The van der Waals surface area contributed by atoms with Crippen molar-refractivity contribution in [3.63, 3.8) is 0 Å². The molecular weight excluding hydrogens is 328 g/mol. The summed E-state index contributed by atoms with van der Waals surface area (Å²) in [5, 5.41) is 5.46. The molecule has 4 N–H and O–H groups in total. The molecule has 130 valence electrons. The predicted octanol–water partition coefficient (Wildman–Crippen LogP) is 0.625. The van der Waals surface area contributed by atoms with Crippen LogP contribution in [0.5, 0.6) is 0 Å². The fourth-order valence-electron chi connectivity index (χ4n) is 2.40. The second-order valence-electron chi connectivity index (χ2n) is 5.31. The number of hydrogen-bond donors (Lipinski definition) is 3. The molecule has 8 heteroatoms. The van der Waals surface area contributed by atoms with Gasteiger partial charge in [-0.15, -0.1) is 11.8 Å². The van der Waals surface area contributed by atoms with E-state index in [9.17, 15) is 14.4 Å². The Balaban J connectivity index is 2.11. The number of thioether (sulfide) groups is 1. The summed E-state index contributed by atoms with van der Waals surface area (Å²) in [6.07, 6.45) is 0.364. The van der Waals surface area contributed by atoms with E-state index in [-0.39, 0.29) is 17.7 Å². The molecule has 7 nitrogen and oxygen atoms in total. The summed E-state index contributed by atoms with van der Waals surface area (Å²) in [7, 11) is 0. The minimum Gasteiger partial charge on any atom is -0.351 e. The Kier molecular flexibility index (Phi) is 6.62. The van der Waals surface area contributed by atoms with Gasteiger partial charge in [-0.05, 0) is 12.1 Å². The Morgan fingerprint density at radius 3 is 2.79 bits per heavy atom. The van der Waals surface area contributed by atoms with Gasteiger partial charge in [-0.2, -0.15) is 0 Å². The van der Waals surface area contributed by atoms with E-state index in [2.05, 4.69) is 10.6 Å². The second-order valence-corrected chi connectivity index (χ2v) is 6.31. The number of benzene rings is 1. The minimum atomic E-state index is -0.511. The first-order chi connectivity index (χ1) is 11.6. The number of nitrogens with two attached hydrogens (primary N) is 1. The number of carbonyl (C=O) groups is 3. The van der Waals surface area contributed by atoms with Crippen LogP contribution in [0.15, 0.2) is 24.3 Å². The summed E-state index contributed by atoms with van der Waals surface area (Å²) in [6, 6.07) is 6.27. The molecule has 2 rings (SSSR count). The van der Waals surface area contributed by atoms with Gasteiger partial charge in [0.2, 0.25) is 11.8 Å². The molecule has 1 heterocycles. The average Bonchev–Trinajstić information content (AvgIpc) is 3.09. The molecule has 0 spiro atoms. The fraction of sp³-hybridized carbons (Fsp3) is 0.438. The molecule has 1 aromatic carbocycles. The van der Waals surface area contributed by atoms with Crippen molar-refractivity contribution in [2.45, 2.75) is 19.4 Å². The minimum absolute atomic E-state index is 0.0471. The highest BCUT2D eigenvalue weighted by molar-refractivity contribution is 7.99. The van der Waals surface area contributed by atoms with Crippen LogP contribution in [0.1, 0.15) is 23.7 Å². The van der Waals surface area contributed by atoms with Gasteiger partial charge in [0.15, 0.2) is 0 Å². The van der Waals surface area contributed by atoms with Gasteiger partial charge >= 0.3 is 0 Å². The molecule has 0 saturated carbocycles. The molecule has 1 atom stereocenters. The lowest BCUT2D eigenvalue weighted by Crippen LogP contribution is -2.44. The number of amides is 3. The van der Waals surface area contributed by atoms with Crippen molar-refractivity contribution in [1.82, 2.24) is 10.2 Å². The first-order valence-electron chi connectivity index (χ1n) is 7.83. The van der Waals surface area contributed by atoms with Crippen molar-refractivity contribution >= 4 is 35.2 Å². The van der Waals surface area contributed by atoms with Crippen molar-refractivity contribution in [2.24, 2.45) is 5.73 Å². The number of hydrogen-bond acceptors (Lipinski definition) is 5. The first kappa shape index (κ1) is 18.3. The largest absolute Gasteiger partial charge is 0.351 e. The molecular formula is C16H22N4O3S. The molecule has 1 aliphatic heterocycles. The Bertz CT molecular complexity index is 623. The van der Waals surface area contributed by atoms with Gasteiger partial charge in [-0.1, -0.05) is 19.1 Å². The molecule has 0 radical (unpaired) electrons. The molecule has 0 aromatic heterocycles. The standard InChI is InChI=1S/C16H22N4O3S/c1-2-14(21)20-10-24-9-13(20)16(23)19-12-6-4-3-5-11(12)15(22)18-8-7-17/h3-6,13H,2,7-10,17H2,1H3,(H,18,22)(H,19,23). The number of anilines is 1. The van der Waals surface area contributed by atoms with Crippen LogP contribution in [-0.2, 0) is 9.59 Å². The Hall–Kier alpha value is -2.06. The van der Waals surface area contributed by atoms with Crippen LogP contribution in [0.4, 0.5) is 5.69 Å². The van der Waals surface area contributed by atoms with E-state index in [0.29, 0.717) is 42.4 Å². The highest BCUT2D eigenvalue weighted by atomic mass is 32.2. The van der Waals surface area contributed by atoms with E-state index in [1.165, 1.54) is 0 Å². The third kappa shape index (κ3) is 4.27. The Morgan fingerprint density at radius 2 is 2.08 bits per heavy atom. The lowest BCUT2D eigenvalue weighted by atomic mass is 10.1. The fourth-order valence-corrected chi connectivity index (χ4v) is 3.58. The van der Waals surface area contributed by atoms with Gasteiger partial charge in [0.05, 0.1) is 17.1 Å². The van der Waals surface area contributed by atoms with Gasteiger partial charge in [0.25, 0.3) is 5.91 Å². The van der Waals surface area contributed by atoms with E-state index in [0.717, 1.165) is 0 Å². The van der Waals surface area contributed by atoms with Crippen molar-refractivity contribution in [2.75, 3.05) is 30.0 Å². The maximum absolute atomic E-state index is 12.6. The smallest absolute Gasteiger partial charge is 0.253 e. The van der Waals surface area contributed by atoms with Crippen molar-refractivity contribution in [1.29, 1.82) is 0 Å².